The van der Waals surface area contributed by atoms with Crippen LogP contribution in [0.2, 0.25) is 0 Å². The molecule has 0 aromatic carbocycles. The van der Waals surface area contributed by atoms with E-state index in [-0.39, 0.29) is 18.2 Å². The maximum Gasteiger partial charge on any atom is 0.349 e. The number of hydrogen-bond acceptors (Lipinski definition) is 3. The first-order valence-electron chi connectivity index (χ1n) is 2.60. The third-order valence-electron chi connectivity index (χ3n) is 0.784. The van der Waals surface area contributed by atoms with E-state index in [9.17, 15) is 4.79 Å². The van der Waals surface area contributed by atoms with Gasteiger partial charge in [0, 0.05) is 12.5 Å². The van der Waals surface area contributed by atoms with Crippen LogP contribution < -0.4 is 5.73 Å². The van der Waals surface area contributed by atoms with Gasteiger partial charge in [-0.1, -0.05) is 0 Å². The summed E-state index contributed by atoms with van der Waals surface area (Å²) < 4.78 is 0. The van der Waals surface area contributed by atoms with E-state index in [4.69, 9.17) is 16.2 Å². The van der Waals surface area contributed by atoms with Crippen LogP contribution in [0.5, 0.6) is 0 Å². The summed E-state index contributed by atoms with van der Waals surface area (Å²) >= 11 is 0. The van der Waals surface area contributed by atoms with Crippen molar-refractivity contribution in [2.45, 2.75) is 19.4 Å². The van der Waals surface area contributed by atoms with E-state index in [1.807, 2.05) is 0 Å². The monoisotopic (exact) mass is 130 g/mol. The number of rotatable bonds is 3. The predicted octanol–water partition coefficient (Wildman–Crippen LogP) is -0.172. The number of carboxylic acid groups (broad SMARTS) is 1. The van der Waals surface area contributed by atoms with Crippen molar-refractivity contribution in [1.82, 2.24) is 0 Å². The smallest absolute Gasteiger partial charge is 0.349 e. The fourth-order valence-corrected chi connectivity index (χ4v) is 0.409. The number of hydrogen-bond donors (Lipinski definition) is 3. The molecule has 0 saturated carbocycles. The Morgan fingerprint density at radius 1 is 1.89 bits per heavy atom. The summed E-state index contributed by atoms with van der Waals surface area (Å²) in [7, 11) is 0. The molecule has 52 valence electrons. The Labute approximate surface area is 53.2 Å². The number of aliphatic carboxylic acids is 1. The van der Waals surface area contributed by atoms with Crippen LogP contribution in [0.3, 0.4) is 0 Å². The standard InChI is InChI=1S/C5H10N2O2/c1-3(6)2-4(7)5(8)9/h3,7H,2,6H2,1H3,(H,8,9). The average Bonchev–Trinajstić information content (AvgIpc) is 1.63. The van der Waals surface area contributed by atoms with Gasteiger partial charge in [-0.2, -0.15) is 0 Å². The Kier molecular flexibility index (Phi) is 2.87. The lowest BCUT2D eigenvalue weighted by Crippen LogP contribution is -2.23. The summed E-state index contributed by atoms with van der Waals surface area (Å²) in [5, 5.41) is 14.9. The Morgan fingerprint density at radius 2 is 2.33 bits per heavy atom. The summed E-state index contributed by atoms with van der Waals surface area (Å²) in [5.74, 6) is -1.19. The zero-order valence-electron chi connectivity index (χ0n) is 5.22. The Balaban J connectivity index is 3.65. The Hall–Kier alpha value is -0.900. The fraction of sp³-hybridized carbons (Fsp3) is 0.600. The summed E-state index contributed by atoms with van der Waals surface area (Å²) in [4.78, 5) is 9.95. The fourth-order valence-electron chi connectivity index (χ4n) is 0.409. The van der Waals surface area contributed by atoms with E-state index < -0.39 is 5.97 Å². The highest BCUT2D eigenvalue weighted by Crippen LogP contribution is 1.87. The van der Waals surface area contributed by atoms with Crippen LogP contribution in [0.15, 0.2) is 0 Å². The van der Waals surface area contributed by atoms with Gasteiger partial charge >= 0.3 is 5.97 Å². The van der Waals surface area contributed by atoms with E-state index in [1.165, 1.54) is 0 Å². The highest BCUT2D eigenvalue weighted by Gasteiger charge is 2.07. The molecule has 0 aliphatic heterocycles. The molecule has 0 heterocycles. The minimum absolute atomic E-state index is 0.134. The van der Waals surface area contributed by atoms with Crippen molar-refractivity contribution < 1.29 is 9.90 Å². The van der Waals surface area contributed by atoms with Crippen molar-refractivity contribution in [3.8, 4) is 0 Å². The number of carbonyl (C=O) groups is 1. The van der Waals surface area contributed by atoms with Crippen LogP contribution in [0, 0.1) is 5.41 Å². The lowest BCUT2D eigenvalue weighted by Gasteiger charge is -2.00. The molecule has 4 nitrogen and oxygen atoms in total. The molecule has 4 heteroatoms. The molecular weight excluding hydrogens is 120 g/mol. The quantitative estimate of drug-likeness (QED) is 0.463. The normalized spacial score (nSPS) is 12.7. The van der Waals surface area contributed by atoms with Crippen molar-refractivity contribution >= 4 is 11.7 Å². The summed E-state index contributed by atoms with van der Waals surface area (Å²) in [5.41, 5.74) is 4.90. The summed E-state index contributed by atoms with van der Waals surface area (Å²) in [6.45, 7) is 1.66. The average molecular weight is 130 g/mol. The molecule has 1 atom stereocenters. The maximum atomic E-state index is 9.95. The molecule has 0 aliphatic carbocycles. The third kappa shape index (κ3) is 3.66. The summed E-state index contributed by atoms with van der Waals surface area (Å²) in [6.07, 6.45) is 0.134. The van der Waals surface area contributed by atoms with Crippen LogP contribution in [0.25, 0.3) is 0 Å². The van der Waals surface area contributed by atoms with E-state index in [0.29, 0.717) is 0 Å². The highest BCUT2D eigenvalue weighted by atomic mass is 16.4. The maximum absolute atomic E-state index is 9.95. The lowest BCUT2D eigenvalue weighted by atomic mass is 10.2. The molecule has 0 amide bonds. The molecule has 0 aromatic rings. The van der Waals surface area contributed by atoms with Crippen molar-refractivity contribution in [3.05, 3.63) is 0 Å². The molecule has 0 aliphatic rings. The second kappa shape index (κ2) is 3.19. The molecule has 0 bridgehead atoms. The molecule has 4 N–H and O–H groups in total. The van der Waals surface area contributed by atoms with Crippen LogP contribution in [-0.2, 0) is 4.79 Å². The van der Waals surface area contributed by atoms with Gasteiger partial charge in [0.15, 0.2) is 0 Å². The van der Waals surface area contributed by atoms with Gasteiger partial charge in [-0.15, -0.1) is 0 Å². The third-order valence-corrected chi connectivity index (χ3v) is 0.784. The second-order valence-electron chi connectivity index (χ2n) is 1.97. The van der Waals surface area contributed by atoms with E-state index in [1.54, 1.807) is 6.92 Å². The van der Waals surface area contributed by atoms with Crippen molar-refractivity contribution in [3.63, 3.8) is 0 Å². The minimum Gasteiger partial charge on any atom is -0.477 e. The van der Waals surface area contributed by atoms with E-state index in [2.05, 4.69) is 0 Å². The molecule has 0 radical (unpaired) electrons. The zero-order valence-corrected chi connectivity index (χ0v) is 5.22. The largest absolute Gasteiger partial charge is 0.477 e. The SMILES string of the molecule is CC(N)CC(=N)C(=O)O. The first kappa shape index (κ1) is 8.10. The summed E-state index contributed by atoms with van der Waals surface area (Å²) in [6, 6.07) is -0.242. The van der Waals surface area contributed by atoms with Gasteiger partial charge in [0.05, 0.1) is 0 Å². The van der Waals surface area contributed by atoms with Crippen LogP contribution in [0.1, 0.15) is 13.3 Å². The van der Waals surface area contributed by atoms with Crippen molar-refractivity contribution in [2.24, 2.45) is 5.73 Å². The number of carboxylic acids is 1. The second-order valence-corrected chi connectivity index (χ2v) is 1.97. The van der Waals surface area contributed by atoms with Gasteiger partial charge in [-0.25, -0.2) is 4.79 Å². The first-order valence-corrected chi connectivity index (χ1v) is 2.60. The van der Waals surface area contributed by atoms with E-state index >= 15 is 0 Å². The van der Waals surface area contributed by atoms with Crippen LogP contribution in [-0.4, -0.2) is 22.8 Å². The van der Waals surface area contributed by atoms with Gasteiger partial charge < -0.3 is 10.8 Å². The highest BCUT2D eigenvalue weighted by molar-refractivity contribution is 6.34. The van der Waals surface area contributed by atoms with Gasteiger partial charge in [0.2, 0.25) is 0 Å². The lowest BCUT2D eigenvalue weighted by molar-refractivity contribution is -0.129. The van der Waals surface area contributed by atoms with Crippen molar-refractivity contribution in [2.75, 3.05) is 0 Å². The molecular formula is C5H10N2O2. The Bertz CT molecular complexity index is 131. The molecule has 0 rings (SSSR count). The molecule has 1 unspecified atom stereocenters. The van der Waals surface area contributed by atoms with Crippen molar-refractivity contribution in [1.29, 1.82) is 5.41 Å². The number of nitrogens with one attached hydrogen (secondary N) is 1. The van der Waals surface area contributed by atoms with E-state index in [0.717, 1.165) is 0 Å². The molecule has 0 fully saturated rings. The van der Waals surface area contributed by atoms with Crippen LogP contribution >= 0.6 is 0 Å². The van der Waals surface area contributed by atoms with Gasteiger partial charge in [0.1, 0.15) is 5.71 Å². The number of nitrogens with two attached hydrogens (primary N) is 1. The molecule has 0 spiro atoms. The van der Waals surface area contributed by atoms with Gasteiger partial charge in [-0.05, 0) is 6.92 Å². The molecule has 0 saturated heterocycles. The van der Waals surface area contributed by atoms with Crippen LogP contribution in [0.4, 0.5) is 0 Å². The Morgan fingerprint density at radius 3 is 2.44 bits per heavy atom. The van der Waals surface area contributed by atoms with Gasteiger partial charge in [-0.3, -0.25) is 5.41 Å². The minimum atomic E-state index is -1.19. The molecule has 0 aromatic heterocycles. The first-order chi connectivity index (χ1) is 4.04. The zero-order chi connectivity index (χ0) is 7.44. The molecule has 9 heavy (non-hydrogen) atoms. The predicted molar refractivity (Wildman–Crippen MR) is 33.6 cm³/mol. The van der Waals surface area contributed by atoms with Gasteiger partial charge in [0.25, 0.3) is 0 Å². The topological polar surface area (TPSA) is 87.2 Å².